The van der Waals surface area contributed by atoms with Crippen LogP contribution in [-0.2, 0) is 32.6 Å². The highest BCUT2D eigenvalue weighted by molar-refractivity contribution is 7.92. The van der Waals surface area contributed by atoms with Gasteiger partial charge >= 0.3 is 0 Å². The van der Waals surface area contributed by atoms with E-state index in [0.29, 0.717) is 21.4 Å². The van der Waals surface area contributed by atoms with Crippen LogP contribution in [0.4, 0.5) is 5.69 Å². The van der Waals surface area contributed by atoms with Crippen molar-refractivity contribution in [2.24, 2.45) is 0 Å². The topological polar surface area (TPSA) is 96.0 Å². The van der Waals surface area contributed by atoms with Crippen LogP contribution in [0.25, 0.3) is 0 Å². The van der Waals surface area contributed by atoms with Gasteiger partial charge in [-0.05, 0) is 68.7 Å². The fourth-order valence-electron chi connectivity index (χ4n) is 6.24. The van der Waals surface area contributed by atoms with Gasteiger partial charge in [-0.15, -0.1) is 0 Å². The van der Waals surface area contributed by atoms with Crippen LogP contribution in [-0.4, -0.2) is 50.4 Å². The molecule has 2 amide bonds. The standard InChI is InChI=1S/C39H43Cl2N3O5S/c1-3-49-37-20-11-10-19-35(37)44(50(47,48)31-23-21-28(2)22-24-31)27-38(45)43(26-32-33(40)17-12-18-34(32)41)36(25-29-13-6-4-7-14-29)39(46)42-30-15-8-5-9-16-30/h4,6-7,10-14,17-24,30,36H,3,5,8-9,15-16,25-27H2,1-2H3,(H,42,46). The molecule has 0 bridgehead atoms. The number of anilines is 1. The summed E-state index contributed by atoms with van der Waals surface area (Å²) in [6.07, 6.45) is 5.03. The number of ether oxygens (including phenoxy) is 1. The van der Waals surface area contributed by atoms with Crippen molar-refractivity contribution in [3.8, 4) is 5.75 Å². The largest absolute Gasteiger partial charge is 0.492 e. The molecule has 50 heavy (non-hydrogen) atoms. The van der Waals surface area contributed by atoms with Gasteiger partial charge in [0, 0.05) is 34.6 Å². The fourth-order valence-corrected chi connectivity index (χ4v) is 8.19. The number of hydrogen-bond acceptors (Lipinski definition) is 5. The Morgan fingerprint density at radius 2 is 1.50 bits per heavy atom. The van der Waals surface area contributed by atoms with E-state index in [2.05, 4.69) is 5.32 Å². The highest BCUT2D eigenvalue weighted by Gasteiger charge is 2.36. The van der Waals surface area contributed by atoms with Crippen molar-refractivity contribution in [1.29, 1.82) is 0 Å². The minimum atomic E-state index is -4.30. The number of rotatable bonds is 14. The summed E-state index contributed by atoms with van der Waals surface area (Å²) in [7, 11) is -4.30. The van der Waals surface area contributed by atoms with Crippen LogP contribution in [0.2, 0.25) is 10.0 Å². The third-order valence-electron chi connectivity index (χ3n) is 8.93. The molecule has 0 spiro atoms. The Bertz CT molecular complexity index is 1850. The predicted molar refractivity (Wildman–Crippen MR) is 199 cm³/mol. The molecule has 1 unspecified atom stereocenters. The van der Waals surface area contributed by atoms with Gasteiger partial charge in [0.15, 0.2) is 0 Å². The van der Waals surface area contributed by atoms with E-state index < -0.39 is 28.5 Å². The van der Waals surface area contributed by atoms with E-state index in [-0.39, 0.29) is 42.1 Å². The molecule has 1 N–H and O–H groups in total. The van der Waals surface area contributed by atoms with E-state index >= 15 is 0 Å². The summed E-state index contributed by atoms with van der Waals surface area (Å²) in [5.74, 6) is -0.627. The molecule has 0 radical (unpaired) electrons. The van der Waals surface area contributed by atoms with Crippen molar-refractivity contribution in [3.63, 3.8) is 0 Å². The molecule has 1 aliphatic carbocycles. The molecule has 4 aromatic carbocycles. The number of halogens is 2. The number of nitrogens with zero attached hydrogens (tertiary/aromatic N) is 2. The lowest BCUT2D eigenvalue weighted by Crippen LogP contribution is -2.55. The summed E-state index contributed by atoms with van der Waals surface area (Å²) in [5.41, 5.74) is 2.38. The summed E-state index contributed by atoms with van der Waals surface area (Å²) in [6.45, 7) is 3.20. The average Bonchev–Trinajstić information content (AvgIpc) is 3.11. The summed E-state index contributed by atoms with van der Waals surface area (Å²) in [6, 6.07) is 26.6. The van der Waals surface area contributed by atoms with Crippen LogP contribution in [0, 0.1) is 6.92 Å². The molecule has 0 heterocycles. The Labute approximate surface area is 305 Å². The number of carbonyl (C=O) groups is 2. The Morgan fingerprint density at radius 3 is 2.16 bits per heavy atom. The Morgan fingerprint density at radius 1 is 0.860 bits per heavy atom. The smallest absolute Gasteiger partial charge is 0.264 e. The van der Waals surface area contributed by atoms with Gasteiger partial charge in [-0.25, -0.2) is 8.42 Å². The van der Waals surface area contributed by atoms with Crippen molar-refractivity contribution in [3.05, 3.63) is 124 Å². The quantitative estimate of drug-likeness (QED) is 0.142. The maximum atomic E-state index is 14.9. The number of amides is 2. The molecule has 264 valence electrons. The first-order valence-corrected chi connectivity index (χ1v) is 19.2. The lowest BCUT2D eigenvalue weighted by Gasteiger charge is -2.35. The van der Waals surface area contributed by atoms with Crippen molar-refractivity contribution < 1.29 is 22.7 Å². The molecular formula is C39H43Cl2N3O5S. The second-order valence-electron chi connectivity index (χ2n) is 12.5. The summed E-state index contributed by atoms with van der Waals surface area (Å²) >= 11 is 13.3. The van der Waals surface area contributed by atoms with Crippen molar-refractivity contribution >= 4 is 50.7 Å². The minimum absolute atomic E-state index is 0.0128. The molecule has 1 fully saturated rings. The average molecular weight is 737 g/mol. The lowest BCUT2D eigenvalue weighted by atomic mass is 9.94. The first-order chi connectivity index (χ1) is 24.1. The molecular weight excluding hydrogens is 693 g/mol. The van der Waals surface area contributed by atoms with Crippen molar-refractivity contribution in [2.75, 3.05) is 17.5 Å². The first-order valence-electron chi connectivity index (χ1n) is 17.0. The van der Waals surface area contributed by atoms with Gasteiger partial charge in [0.1, 0.15) is 18.3 Å². The molecule has 0 aliphatic heterocycles. The highest BCUT2D eigenvalue weighted by Crippen LogP contribution is 2.34. The van der Waals surface area contributed by atoms with Gasteiger partial charge in [0.25, 0.3) is 10.0 Å². The lowest BCUT2D eigenvalue weighted by molar-refractivity contribution is -0.140. The number of para-hydroxylation sites is 2. The molecule has 1 atom stereocenters. The van der Waals surface area contributed by atoms with Crippen molar-refractivity contribution in [2.45, 2.75) is 75.9 Å². The maximum absolute atomic E-state index is 14.9. The summed E-state index contributed by atoms with van der Waals surface area (Å²) in [5, 5.41) is 3.86. The highest BCUT2D eigenvalue weighted by atomic mass is 35.5. The van der Waals surface area contributed by atoms with Crippen LogP contribution >= 0.6 is 23.2 Å². The summed E-state index contributed by atoms with van der Waals surface area (Å²) < 4.78 is 35.8. The van der Waals surface area contributed by atoms with Gasteiger partial charge in [-0.3, -0.25) is 13.9 Å². The molecule has 0 saturated heterocycles. The van der Waals surface area contributed by atoms with Crippen LogP contribution in [0.1, 0.15) is 55.7 Å². The van der Waals surface area contributed by atoms with Crippen LogP contribution < -0.4 is 14.4 Å². The number of carbonyl (C=O) groups excluding carboxylic acids is 2. The molecule has 1 saturated carbocycles. The number of hydrogen-bond donors (Lipinski definition) is 1. The third kappa shape index (κ3) is 9.19. The van der Waals surface area contributed by atoms with E-state index in [1.54, 1.807) is 61.5 Å². The Hall–Kier alpha value is -4.05. The molecule has 11 heteroatoms. The Kier molecular flexibility index (Phi) is 12.8. The van der Waals surface area contributed by atoms with Gasteiger partial charge in [0.2, 0.25) is 11.8 Å². The molecule has 5 rings (SSSR count). The summed E-state index contributed by atoms with van der Waals surface area (Å²) in [4.78, 5) is 30.7. The zero-order valence-electron chi connectivity index (χ0n) is 28.4. The third-order valence-corrected chi connectivity index (χ3v) is 11.4. The van der Waals surface area contributed by atoms with E-state index in [1.807, 2.05) is 37.3 Å². The van der Waals surface area contributed by atoms with Crippen LogP contribution in [0.5, 0.6) is 5.75 Å². The van der Waals surface area contributed by atoms with Crippen molar-refractivity contribution in [1.82, 2.24) is 10.2 Å². The van der Waals surface area contributed by atoms with Gasteiger partial charge in [-0.2, -0.15) is 0 Å². The number of sulfonamides is 1. The zero-order chi connectivity index (χ0) is 35.7. The molecule has 4 aromatic rings. The van der Waals surface area contributed by atoms with Crippen LogP contribution in [0.3, 0.4) is 0 Å². The van der Waals surface area contributed by atoms with Gasteiger partial charge in [0.05, 0.1) is 17.2 Å². The fraction of sp³-hybridized carbons (Fsp3) is 0.333. The maximum Gasteiger partial charge on any atom is 0.264 e. The van der Waals surface area contributed by atoms with E-state index in [0.717, 1.165) is 47.5 Å². The second kappa shape index (κ2) is 17.2. The van der Waals surface area contributed by atoms with E-state index in [9.17, 15) is 18.0 Å². The number of benzene rings is 4. The van der Waals surface area contributed by atoms with E-state index in [1.165, 1.54) is 17.0 Å². The number of aryl methyl sites for hydroxylation is 1. The normalized spacial score (nSPS) is 14.1. The SMILES string of the molecule is CCOc1ccccc1N(CC(=O)N(Cc1c(Cl)cccc1Cl)C(Cc1ccccc1)C(=O)NC1CCCCC1)S(=O)(=O)c1ccc(C)cc1. The minimum Gasteiger partial charge on any atom is -0.492 e. The number of nitrogens with one attached hydrogen (secondary N) is 1. The monoisotopic (exact) mass is 735 g/mol. The van der Waals surface area contributed by atoms with Gasteiger partial charge < -0.3 is 15.0 Å². The van der Waals surface area contributed by atoms with Gasteiger partial charge in [-0.1, -0.05) is 109 Å². The molecule has 8 nitrogen and oxygen atoms in total. The van der Waals surface area contributed by atoms with Crippen LogP contribution in [0.15, 0.2) is 102 Å². The van der Waals surface area contributed by atoms with E-state index in [4.69, 9.17) is 27.9 Å². The molecule has 1 aliphatic rings. The molecule has 0 aromatic heterocycles. The first kappa shape index (κ1) is 37.2. The Balaban J connectivity index is 1.62. The second-order valence-corrected chi connectivity index (χ2v) is 15.2. The zero-order valence-corrected chi connectivity index (χ0v) is 30.7. The predicted octanol–water partition coefficient (Wildman–Crippen LogP) is 7.98.